The molecule has 5 nitrogen and oxygen atoms in total. The molecule has 0 aromatic carbocycles. The first kappa shape index (κ1) is 15.7. The lowest BCUT2D eigenvalue weighted by atomic mass is 9.78. The number of hydrogen-bond donors (Lipinski definition) is 1. The fraction of sp³-hybridized carbons (Fsp3) is 0.786. The van der Waals surface area contributed by atoms with Crippen LogP contribution in [0.4, 0.5) is 0 Å². The Morgan fingerprint density at radius 1 is 1.32 bits per heavy atom. The van der Waals surface area contributed by atoms with Crippen LogP contribution in [0.1, 0.15) is 52.9 Å². The van der Waals surface area contributed by atoms with Crippen molar-refractivity contribution in [2.75, 3.05) is 6.54 Å². The number of imide groups is 1. The van der Waals surface area contributed by atoms with Gasteiger partial charge in [0.2, 0.25) is 11.8 Å². The van der Waals surface area contributed by atoms with Crippen LogP contribution in [0.3, 0.4) is 0 Å². The van der Waals surface area contributed by atoms with Gasteiger partial charge in [-0.2, -0.15) is 0 Å². The van der Waals surface area contributed by atoms with E-state index < -0.39 is 11.4 Å². The molecular formula is C14H23NO4. The lowest BCUT2D eigenvalue weighted by Gasteiger charge is -2.26. The number of carboxylic acid groups (broad SMARTS) is 1. The van der Waals surface area contributed by atoms with E-state index in [-0.39, 0.29) is 24.2 Å². The predicted molar refractivity (Wildman–Crippen MR) is 70.4 cm³/mol. The van der Waals surface area contributed by atoms with Gasteiger partial charge < -0.3 is 5.11 Å². The Hall–Kier alpha value is -1.39. The molecule has 108 valence electrons. The number of carbonyl (C=O) groups excluding carboxylic acids is 2. The molecule has 1 heterocycles. The van der Waals surface area contributed by atoms with Crippen molar-refractivity contribution in [1.82, 2.24) is 4.90 Å². The Kier molecular flexibility index (Phi) is 5.09. The zero-order valence-corrected chi connectivity index (χ0v) is 11.9. The third-order valence-electron chi connectivity index (χ3n) is 4.10. The number of carboxylic acids is 1. The number of nitrogens with zero attached hydrogens (tertiary/aromatic N) is 1. The zero-order valence-electron chi connectivity index (χ0n) is 11.9. The van der Waals surface area contributed by atoms with Crippen molar-refractivity contribution in [2.24, 2.45) is 11.3 Å². The van der Waals surface area contributed by atoms with Crippen LogP contribution in [0.5, 0.6) is 0 Å². The summed E-state index contributed by atoms with van der Waals surface area (Å²) in [5, 5.41) is 8.52. The van der Waals surface area contributed by atoms with Crippen molar-refractivity contribution in [3.63, 3.8) is 0 Å². The molecule has 1 aliphatic rings. The topological polar surface area (TPSA) is 74.7 Å². The molecule has 0 radical (unpaired) electrons. The predicted octanol–water partition coefficient (Wildman–Crippen LogP) is 2.05. The Labute approximate surface area is 114 Å². The van der Waals surface area contributed by atoms with Crippen LogP contribution in [0.15, 0.2) is 0 Å². The van der Waals surface area contributed by atoms with E-state index in [1.807, 2.05) is 20.8 Å². The van der Waals surface area contributed by atoms with Crippen molar-refractivity contribution in [3.05, 3.63) is 0 Å². The Bertz CT molecular complexity index is 378. The molecule has 1 rings (SSSR count). The second kappa shape index (κ2) is 6.17. The van der Waals surface area contributed by atoms with E-state index >= 15 is 0 Å². The molecule has 0 spiro atoms. The lowest BCUT2D eigenvalue weighted by molar-refractivity contribution is -0.142. The van der Waals surface area contributed by atoms with Crippen molar-refractivity contribution in [1.29, 1.82) is 0 Å². The maximum Gasteiger partial charge on any atom is 0.303 e. The van der Waals surface area contributed by atoms with E-state index in [0.29, 0.717) is 25.8 Å². The van der Waals surface area contributed by atoms with Gasteiger partial charge in [0.25, 0.3) is 0 Å². The third kappa shape index (κ3) is 3.55. The molecule has 5 heteroatoms. The smallest absolute Gasteiger partial charge is 0.303 e. The molecule has 0 aromatic heterocycles. The molecule has 1 fully saturated rings. The van der Waals surface area contributed by atoms with Gasteiger partial charge in [0.1, 0.15) is 0 Å². The van der Waals surface area contributed by atoms with E-state index in [1.54, 1.807) is 0 Å². The van der Waals surface area contributed by atoms with Crippen LogP contribution in [0.2, 0.25) is 0 Å². The van der Waals surface area contributed by atoms with Crippen LogP contribution >= 0.6 is 0 Å². The summed E-state index contributed by atoms with van der Waals surface area (Å²) in [6.07, 6.45) is 2.43. The maximum absolute atomic E-state index is 12.3. The number of hydrogen-bond acceptors (Lipinski definition) is 3. The number of likely N-dealkylation sites (tertiary alicyclic amines) is 1. The lowest BCUT2D eigenvalue weighted by Crippen LogP contribution is -2.37. The van der Waals surface area contributed by atoms with Crippen LogP contribution < -0.4 is 0 Å². The average Bonchev–Trinajstić information content (AvgIpc) is 2.52. The Morgan fingerprint density at radius 2 is 1.95 bits per heavy atom. The second-order valence-corrected chi connectivity index (χ2v) is 5.80. The first-order valence-electron chi connectivity index (χ1n) is 6.85. The van der Waals surface area contributed by atoms with Gasteiger partial charge in [-0.1, -0.05) is 20.3 Å². The molecule has 1 N–H and O–H groups in total. The van der Waals surface area contributed by atoms with E-state index in [0.717, 1.165) is 6.42 Å². The fourth-order valence-corrected chi connectivity index (χ4v) is 2.31. The largest absolute Gasteiger partial charge is 0.481 e. The highest BCUT2D eigenvalue weighted by Crippen LogP contribution is 2.39. The molecule has 2 amide bonds. The fourth-order valence-electron chi connectivity index (χ4n) is 2.31. The third-order valence-corrected chi connectivity index (χ3v) is 4.10. The molecule has 19 heavy (non-hydrogen) atoms. The first-order chi connectivity index (χ1) is 8.79. The number of amides is 2. The molecular weight excluding hydrogens is 246 g/mol. The summed E-state index contributed by atoms with van der Waals surface area (Å²) in [5.41, 5.74) is -0.571. The number of unbranched alkanes of at least 4 members (excludes halogenated alkanes) is 2. The van der Waals surface area contributed by atoms with Crippen LogP contribution in [-0.2, 0) is 14.4 Å². The van der Waals surface area contributed by atoms with Crippen molar-refractivity contribution in [3.8, 4) is 0 Å². The van der Waals surface area contributed by atoms with Crippen molar-refractivity contribution < 1.29 is 19.5 Å². The summed E-state index contributed by atoms with van der Waals surface area (Å²) in [5.74, 6) is -0.841. The summed E-state index contributed by atoms with van der Waals surface area (Å²) in [4.78, 5) is 35.9. The quantitative estimate of drug-likeness (QED) is 0.567. The number of rotatable bonds is 7. The summed E-state index contributed by atoms with van der Waals surface area (Å²) < 4.78 is 0. The Morgan fingerprint density at radius 3 is 2.42 bits per heavy atom. The molecule has 1 unspecified atom stereocenters. The van der Waals surface area contributed by atoms with E-state index in [9.17, 15) is 14.4 Å². The SMILES string of the molecule is CC(C)C1(C)CC(=O)N(CCCCCC(=O)O)C1=O. The van der Waals surface area contributed by atoms with Crippen LogP contribution in [0.25, 0.3) is 0 Å². The first-order valence-corrected chi connectivity index (χ1v) is 6.85. The highest BCUT2D eigenvalue weighted by atomic mass is 16.4. The van der Waals surface area contributed by atoms with E-state index in [4.69, 9.17) is 5.11 Å². The van der Waals surface area contributed by atoms with Crippen molar-refractivity contribution >= 4 is 17.8 Å². The summed E-state index contributed by atoms with van der Waals surface area (Å²) in [6.45, 7) is 6.19. The van der Waals surface area contributed by atoms with Gasteiger partial charge in [0.05, 0.1) is 5.41 Å². The molecule has 0 aromatic rings. The van der Waals surface area contributed by atoms with Crippen LogP contribution in [0, 0.1) is 11.3 Å². The minimum atomic E-state index is -0.805. The molecule has 0 bridgehead atoms. The van der Waals surface area contributed by atoms with E-state index in [1.165, 1.54) is 4.90 Å². The summed E-state index contributed by atoms with van der Waals surface area (Å²) in [6, 6.07) is 0. The average molecular weight is 269 g/mol. The standard InChI is InChI=1S/C14H23NO4/c1-10(2)14(3)9-11(16)15(13(14)19)8-6-4-5-7-12(17)18/h10H,4-9H2,1-3H3,(H,17,18). The highest BCUT2D eigenvalue weighted by Gasteiger charge is 2.49. The second-order valence-electron chi connectivity index (χ2n) is 5.80. The summed E-state index contributed by atoms with van der Waals surface area (Å²) in [7, 11) is 0. The number of aliphatic carboxylic acids is 1. The minimum absolute atomic E-state index is 0.0780. The molecule has 0 saturated carbocycles. The van der Waals surface area contributed by atoms with Crippen LogP contribution in [-0.4, -0.2) is 34.3 Å². The van der Waals surface area contributed by atoms with Gasteiger partial charge in [0.15, 0.2) is 0 Å². The minimum Gasteiger partial charge on any atom is -0.481 e. The highest BCUT2D eigenvalue weighted by molar-refractivity contribution is 6.05. The molecule has 1 atom stereocenters. The Balaban J connectivity index is 2.45. The maximum atomic E-state index is 12.3. The summed E-state index contributed by atoms with van der Waals surface area (Å²) >= 11 is 0. The van der Waals surface area contributed by atoms with Gasteiger partial charge >= 0.3 is 5.97 Å². The normalized spacial score (nSPS) is 23.5. The van der Waals surface area contributed by atoms with E-state index in [2.05, 4.69) is 0 Å². The number of carbonyl (C=O) groups is 3. The molecule has 1 saturated heterocycles. The van der Waals surface area contributed by atoms with Gasteiger partial charge in [-0.15, -0.1) is 0 Å². The molecule has 1 aliphatic heterocycles. The molecule has 0 aliphatic carbocycles. The monoisotopic (exact) mass is 269 g/mol. The van der Waals surface area contributed by atoms with Crippen molar-refractivity contribution in [2.45, 2.75) is 52.9 Å². The van der Waals surface area contributed by atoms with Gasteiger partial charge in [0, 0.05) is 19.4 Å². The van der Waals surface area contributed by atoms with Gasteiger partial charge in [-0.05, 0) is 25.7 Å². The van der Waals surface area contributed by atoms with Gasteiger partial charge in [-0.3, -0.25) is 19.3 Å². The zero-order chi connectivity index (χ0) is 14.6. The van der Waals surface area contributed by atoms with Gasteiger partial charge in [-0.25, -0.2) is 0 Å².